The molecule has 0 aromatic carbocycles. The first-order chi connectivity index (χ1) is 8.93. The summed E-state index contributed by atoms with van der Waals surface area (Å²) < 4.78 is 7.98. The number of hydrogen-bond acceptors (Lipinski definition) is 6. The van der Waals surface area contributed by atoms with E-state index in [-0.39, 0.29) is 0 Å². The highest BCUT2D eigenvalue weighted by molar-refractivity contribution is 9.06. The number of aliphatic hydroxyl groups excluding tert-OH is 1. The summed E-state index contributed by atoms with van der Waals surface area (Å²) in [6, 6.07) is 1.68. The van der Waals surface area contributed by atoms with Crippen LogP contribution in [0.25, 0.3) is 0 Å². The van der Waals surface area contributed by atoms with E-state index >= 15 is 0 Å². The Morgan fingerprint density at radius 3 is 2.32 bits per heavy atom. The summed E-state index contributed by atoms with van der Waals surface area (Å²) in [5, 5.41) is 11.5. The van der Waals surface area contributed by atoms with Crippen molar-refractivity contribution in [2.24, 2.45) is 5.41 Å². The van der Waals surface area contributed by atoms with Gasteiger partial charge in [0.25, 0.3) is 0 Å². The van der Waals surface area contributed by atoms with Crippen LogP contribution in [0.2, 0.25) is 0 Å². The highest BCUT2D eigenvalue weighted by atomic mass is 79.9. The van der Waals surface area contributed by atoms with E-state index in [1.54, 1.807) is 6.92 Å². The van der Waals surface area contributed by atoms with E-state index in [1.807, 2.05) is 0 Å². The third-order valence-corrected chi connectivity index (χ3v) is 3.23. The summed E-state index contributed by atoms with van der Waals surface area (Å²) in [5.41, 5.74) is 0.722. The Balaban J connectivity index is 0.000000273. The van der Waals surface area contributed by atoms with Gasteiger partial charge < -0.3 is 19.0 Å². The van der Waals surface area contributed by atoms with Crippen molar-refractivity contribution < 1.29 is 23.3 Å². The van der Waals surface area contributed by atoms with Gasteiger partial charge in [-0.3, -0.25) is 4.79 Å². The third kappa shape index (κ3) is 7.49. The number of ether oxygens (including phenoxy) is 1. The van der Waals surface area contributed by atoms with Gasteiger partial charge in [-0.25, -0.2) is 4.79 Å². The molecule has 1 saturated heterocycles. The maximum Gasteiger partial charge on any atom is 0.331 e. The predicted octanol–water partition coefficient (Wildman–Crippen LogP) is 1.16. The minimum Gasteiger partial charge on any atom is -0.464 e. The lowest BCUT2D eigenvalue weighted by Gasteiger charge is -2.05. The first kappa shape index (κ1) is 18.3. The van der Waals surface area contributed by atoms with Crippen LogP contribution in [-0.2, 0) is 18.2 Å². The molecule has 1 heterocycles. The fourth-order valence-electron chi connectivity index (χ4n) is 2.20. The van der Waals surface area contributed by atoms with E-state index in [1.165, 1.54) is 12.8 Å². The van der Waals surface area contributed by atoms with Crippen LogP contribution < -0.4 is 5.32 Å². The highest BCUT2D eigenvalue weighted by Crippen LogP contribution is 2.53. The second kappa shape index (κ2) is 9.28. The summed E-state index contributed by atoms with van der Waals surface area (Å²) in [6.45, 7) is 6.45. The molecule has 19 heavy (non-hydrogen) atoms. The predicted molar refractivity (Wildman–Crippen MR) is 73.5 cm³/mol. The Bertz CT molecular complexity index is 289. The molecule has 2 rings (SSSR count). The molecule has 2 unspecified atom stereocenters. The Kier molecular flexibility index (Phi) is 8.95. The van der Waals surface area contributed by atoms with Crippen LogP contribution in [0.15, 0.2) is 0 Å². The van der Waals surface area contributed by atoms with Gasteiger partial charge in [-0.15, -0.1) is 0 Å². The number of aliphatic hydroxyl groups is 1. The molecule has 2 N–H and O–H groups in total. The molecule has 6 nitrogen and oxygen atoms in total. The fraction of sp³-hybridized carbons (Fsp3) is 0.833. The van der Waals surface area contributed by atoms with Gasteiger partial charge >= 0.3 is 12.4 Å². The van der Waals surface area contributed by atoms with Crippen LogP contribution in [-0.4, -0.2) is 42.8 Å². The van der Waals surface area contributed by atoms with Gasteiger partial charge in [0.1, 0.15) is 6.61 Å². The van der Waals surface area contributed by atoms with Crippen molar-refractivity contribution in [1.82, 2.24) is 5.32 Å². The molecule has 1 aliphatic carbocycles. The maximum absolute atomic E-state index is 9.94. The fourth-order valence-corrected chi connectivity index (χ4v) is 2.20. The van der Waals surface area contributed by atoms with Crippen molar-refractivity contribution in [2.75, 3.05) is 13.2 Å². The quantitative estimate of drug-likeness (QED) is 0.592. The van der Waals surface area contributed by atoms with E-state index in [0.717, 1.165) is 17.5 Å². The molecular weight excluding hydrogens is 318 g/mol. The molecule has 0 radical (unpaired) electrons. The van der Waals surface area contributed by atoms with Crippen molar-refractivity contribution in [3.63, 3.8) is 0 Å². The minimum absolute atomic E-state index is 0.292. The lowest BCUT2D eigenvalue weighted by molar-refractivity contribution is -0.146. The third-order valence-electron chi connectivity index (χ3n) is 3.08. The van der Waals surface area contributed by atoms with E-state index in [4.69, 9.17) is 9.90 Å². The first-order valence-corrected chi connectivity index (χ1v) is 6.81. The summed E-state index contributed by atoms with van der Waals surface area (Å²) in [5.74, 6) is -0.567. The molecule has 0 bridgehead atoms. The standard InChI is InChI=1S/C7H13N.C4H8O3.CHBrO2/c1-5-3-7(2)4-6(7)8-5;1-2-7-4(6)3-5;2-4-1-3/h5-6,8H,3-4H2,1-2H3;5H,2-3H2,1H3;1H/t5?,6?,7-;;/m1../s1. The maximum atomic E-state index is 9.94. The number of carbonyl (C=O) groups excluding carboxylic acids is 2. The number of rotatable bonds is 3. The number of esters is 1. The zero-order chi connectivity index (χ0) is 14.9. The SMILES string of the molecule is CC1C[C@]2(C)CC2N1.CCOC(=O)CO.O=COBr. The lowest BCUT2D eigenvalue weighted by Crippen LogP contribution is -2.21. The normalized spacial score (nSPS) is 29.7. The molecular formula is C12H22BrNO5. The van der Waals surface area contributed by atoms with Crippen molar-refractivity contribution in [3.05, 3.63) is 0 Å². The van der Waals surface area contributed by atoms with Crippen LogP contribution in [0.3, 0.4) is 0 Å². The molecule has 1 aliphatic heterocycles. The topological polar surface area (TPSA) is 84.9 Å². The van der Waals surface area contributed by atoms with E-state index in [2.05, 4.69) is 44.0 Å². The number of piperidine rings is 1. The average Bonchev–Trinajstić information content (AvgIpc) is 2.89. The van der Waals surface area contributed by atoms with Crippen LogP contribution in [0.4, 0.5) is 0 Å². The molecule has 2 aliphatic rings. The number of nitrogens with one attached hydrogen (secondary N) is 1. The highest BCUT2D eigenvalue weighted by Gasteiger charge is 2.55. The van der Waals surface area contributed by atoms with E-state index in [0.29, 0.717) is 13.1 Å². The summed E-state index contributed by atoms with van der Waals surface area (Å²) in [6.07, 6.45) is 2.83. The molecule has 1 saturated carbocycles. The Morgan fingerprint density at radius 2 is 2.16 bits per heavy atom. The van der Waals surface area contributed by atoms with Gasteiger partial charge in [-0.05, 0) is 32.1 Å². The van der Waals surface area contributed by atoms with Crippen molar-refractivity contribution in [2.45, 2.75) is 45.7 Å². The van der Waals surface area contributed by atoms with Crippen LogP contribution in [0, 0.1) is 5.41 Å². The lowest BCUT2D eigenvalue weighted by atomic mass is 10.0. The molecule has 0 aromatic heterocycles. The van der Waals surface area contributed by atoms with E-state index in [9.17, 15) is 4.79 Å². The monoisotopic (exact) mass is 339 g/mol. The molecule has 0 spiro atoms. The smallest absolute Gasteiger partial charge is 0.331 e. The Hall–Kier alpha value is -0.660. The summed E-state index contributed by atoms with van der Waals surface area (Å²) in [7, 11) is 0. The second-order valence-corrected chi connectivity index (χ2v) is 5.20. The van der Waals surface area contributed by atoms with Gasteiger partial charge in [0, 0.05) is 12.1 Å². The average molecular weight is 340 g/mol. The zero-order valence-corrected chi connectivity index (χ0v) is 13.1. The molecule has 112 valence electrons. The largest absolute Gasteiger partial charge is 0.464 e. The van der Waals surface area contributed by atoms with Gasteiger partial charge in [0.05, 0.1) is 6.61 Å². The van der Waals surface area contributed by atoms with Gasteiger partial charge in [-0.2, -0.15) is 0 Å². The van der Waals surface area contributed by atoms with Crippen molar-refractivity contribution in [3.8, 4) is 0 Å². The zero-order valence-electron chi connectivity index (χ0n) is 11.5. The Labute approximate surface area is 122 Å². The second-order valence-electron chi connectivity index (χ2n) is 4.83. The first-order valence-electron chi connectivity index (χ1n) is 6.17. The number of halogens is 1. The summed E-state index contributed by atoms with van der Waals surface area (Å²) >= 11 is 2.38. The van der Waals surface area contributed by atoms with Crippen molar-refractivity contribution >= 4 is 28.7 Å². The number of carbonyl (C=O) groups is 2. The molecule has 2 fully saturated rings. The molecule has 0 aromatic rings. The van der Waals surface area contributed by atoms with Crippen LogP contribution in [0.1, 0.15) is 33.6 Å². The minimum atomic E-state index is -0.567. The van der Waals surface area contributed by atoms with Gasteiger partial charge in [0.15, 0.2) is 16.3 Å². The Morgan fingerprint density at radius 1 is 1.58 bits per heavy atom. The van der Waals surface area contributed by atoms with Crippen molar-refractivity contribution in [1.29, 1.82) is 0 Å². The van der Waals surface area contributed by atoms with Crippen LogP contribution >= 0.6 is 16.3 Å². The number of hydrogen-bond donors (Lipinski definition) is 2. The van der Waals surface area contributed by atoms with E-state index < -0.39 is 12.6 Å². The molecule has 7 heteroatoms. The van der Waals surface area contributed by atoms with Crippen LogP contribution in [0.5, 0.6) is 0 Å². The van der Waals surface area contributed by atoms with Gasteiger partial charge in [0.2, 0.25) is 0 Å². The molecule has 0 amide bonds. The summed E-state index contributed by atoms with van der Waals surface area (Å²) in [4.78, 5) is 18.8. The van der Waals surface area contributed by atoms with Gasteiger partial charge in [-0.1, -0.05) is 6.92 Å². The molecule has 3 atom stereocenters. The number of fused-ring (bicyclic) bond motifs is 1.